The number of nitrogens with zero attached hydrogens (tertiary/aromatic N) is 1. The highest BCUT2D eigenvalue weighted by Crippen LogP contribution is 2.39. The van der Waals surface area contributed by atoms with Gasteiger partial charge >= 0.3 is 0 Å². The van der Waals surface area contributed by atoms with Crippen LogP contribution in [0.4, 0.5) is 5.00 Å². The molecule has 1 amide bonds. The van der Waals surface area contributed by atoms with Crippen LogP contribution in [0.1, 0.15) is 45.8 Å². The minimum Gasteiger partial charge on any atom is -0.315 e. The first-order chi connectivity index (χ1) is 14.2. The van der Waals surface area contributed by atoms with Gasteiger partial charge in [-0.15, -0.1) is 22.7 Å². The Morgan fingerprint density at radius 1 is 1.28 bits per heavy atom. The Hall–Kier alpha value is -2.46. The van der Waals surface area contributed by atoms with Crippen LogP contribution in [-0.4, -0.2) is 12.5 Å². The Labute approximate surface area is 179 Å². The van der Waals surface area contributed by atoms with E-state index in [0.29, 0.717) is 16.5 Å². The second-order valence-electron chi connectivity index (χ2n) is 7.46. The van der Waals surface area contributed by atoms with E-state index in [9.17, 15) is 10.1 Å². The molecule has 2 aromatic heterocycles. The van der Waals surface area contributed by atoms with Gasteiger partial charge in [0.15, 0.2) is 0 Å². The summed E-state index contributed by atoms with van der Waals surface area (Å²) in [4.78, 5) is 15.1. The molecular weight excluding hydrogens is 398 g/mol. The van der Waals surface area contributed by atoms with Crippen LogP contribution in [0.15, 0.2) is 47.8 Å². The number of benzene rings is 1. The second-order valence-corrected chi connectivity index (χ2v) is 9.54. The molecule has 1 aliphatic rings. The van der Waals surface area contributed by atoms with Crippen molar-refractivity contribution < 1.29 is 4.79 Å². The van der Waals surface area contributed by atoms with E-state index in [2.05, 4.69) is 41.8 Å². The van der Waals surface area contributed by atoms with Gasteiger partial charge < -0.3 is 5.32 Å². The molecule has 1 aromatic carbocycles. The fraction of sp³-hybridized carbons (Fsp3) is 0.304. The maximum absolute atomic E-state index is 12.7. The maximum Gasteiger partial charge on any atom is 0.238 e. The molecule has 29 heavy (non-hydrogen) atoms. The summed E-state index contributed by atoms with van der Waals surface area (Å²) in [6.45, 7) is 2.42. The molecule has 0 radical (unpaired) electrons. The van der Waals surface area contributed by atoms with Gasteiger partial charge in [0.1, 0.15) is 11.1 Å². The minimum absolute atomic E-state index is 0.0326. The molecule has 0 bridgehead atoms. The Morgan fingerprint density at radius 2 is 2.10 bits per heavy atom. The third-order valence-electron chi connectivity index (χ3n) is 5.30. The van der Waals surface area contributed by atoms with Gasteiger partial charge in [-0.25, -0.2) is 0 Å². The lowest BCUT2D eigenvalue weighted by Crippen LogP contribution is -2.31. The summed E-state index contributed by atoms with van der Waals surface area (Å²) < 4.78 is 0. The standard InChI is InChI=1S/C23H23N3OS2/c1-15-9-10-17-18(13-24)23(29-20(17)12-15)26-21(27)14-25-22(19-8-5-11-28-19)16-6-3-2-4-7-16/h2-8,11,15,22,25H,9-10,12,14H2,1H3,(H,26,27)/t15-,22+/m1/s1. The summed E-state index contributed by atoms with van der Waals surface area (Å²) in [5.74, 6) is 0.515. The number of amides is 1. The number of nitriles is 1. The van der Waals surface area contributed by atoms with Gasteiger partial charge in [0.2, 0.25) is 5.91 Å². The van der Waals surface area contributed by atoms with E-state index in [-0.39, 0.29) is 18.5 Å². The Bertz CT molecular complexity index is 1020. The molecule has 0 saturated heterocycles. The van der Waals surface area contributed by atoms with Crippen molar-refractivity contribution in [3.8, 4) is 6.07 Å². The second kappa shape index (κ2) is 8.91. The molecule has 4 rings (SSSR count). The van der Waals surface area contributed by atoms with E-state index in [0.717, 1.165) is 30.4 Å². The van der Waals surface area contributed by atoms with Crippen molar-refractivity contribution in [3.63, 3.8) is 0 Å². The van der Waals surface area contributed by atoms with Crippen LogP contribution >= 0.6 is 22.7 Å². The van der Waals surface area contributed by atoms with Gasteiger partial charge in [0.05, 0.1) is 18.2 Å². The number of nitrogens with one attached hydrogen (secondary N) is 2. The van der Waals surface area contributed by atoms with Gasteiger partial charge in [-0.05, 0) is 47.8 Å². The van der Waals surface area contributed by atoms with Gasteiger partial charge in [0.25, 0.3) is 0 Å². The molecule has 2 heterocycles. The molecule has 2 atom stereocenters. The largest absolute Gasteiger partial charge is 0.315 e. The molecule has 0 saturated carbocycles. The number of rotatable bonds is 6. The van der Waals surface area contributed by atoms with E-state index in [4.69, 9.17) is 0 Å². The molecule has 0 fully saturated rings. The first kappa shape index (κ1) is 19.8. The van der Waals surface area contributed by atoms with Crippen molar-refractivity contribution in [3.05, 3.63) is 74.3 Å². The van der Waals surface area contributed by atoms with Crippen molar-refractivity contribution in [1.82, 2.24) is 5.32 Å². The molecule has 6 heteroatoms. The van der Waals surface area contributed by atoms with E-state index in [1.165, 1.54) is 9.75 Å². The van der Waals surface area contributed by atoms with Crippen molar-refractivity contribution in [2.24, 2.45) is 5.92 Å². The zero-order valence-electron chi connectivity index (χ0n) is 16.3. The number of fused-ring (bicyclic) bond motifs is 1. The van der Waals surface area contributed by atoms with Gasteiger partial charge in [0, 0.05) is 9.75 Å². The fourth-order valence-corrected chi connectivity index (χ4v) is 6.01. The highest BCUT2D eigenvalue weighted by molar-refractivity contribution is 7.16. The van der Waals surface area contributed by atoms with Crippen LogP contribution in [-0.2, 0) is 17.6 Å². The Kier molecular flexibility index (Phi) is 6.10. The number of carbonyl (C=O) groups excluding carboxylic acids is 1. The summed E-state index contributed by atoms with van der Waals surface area (Å²) in [5.41, 5.74) is 2.92. The first-order valence-corrected chi connectivity index (χ1v) is 11.5. The molecule has 148 valence electrons. The lowest BCUT2D eigenvalue weighted by Gasteiger charge is -2.18. The molecule has 3 aromatic rings. The van der Waals surface area contributed by atoms with Crippen LogP contribution in [0.3, 0.4) is 0 Å². The molecule has 1 aliphatic carbocycles. The summed E-state index contributed by atoms with van der Waals surface area (Å²) in [7, 11) is 0. The Balaban J connectivity index is 1.47. The number of anilines is 1. The SMILES string of the molecule is C[C@@H]1CCc2c(sc(NC(=O)CN[C@@H](c3ccccc3)c3cccs3)c2C#N)C1. The maximum atomic E-state index is 12.7. The number of hydrogen-bond donors (Lipinski definition) is 2. The van der Waals surface area contributed by atoms with Crippen LogP contribution < -0.4 is 10.6 Å². The first-order valence-electron chi connectivity index (χ1n) is 9.82. The molecule has 0 unspecified atom stereocenters. The average Bonchev–Trinajstić information content (AvgIpc) is 3.36. The van der Waals surface area contributed by atoms with Crippen molar-refractivity contribution in [1.29, 1.82) is 5.26 Å². The highest BCUT2D eigenvalue weighted by Gasteiger charge is 2.25. The van der Waals surface area contributed by atoms with E-state index < -0.39 is 0 Å². The molecule has 0 aliphatic heterocycles. The van der Waals surface area contributed by atoms with Gasteiger partial charge in [-0.3, -0.25) is 10.1 Å². The topological polar surface area (TPSA) is 64.9 Å². The minimum atomic E-state index is -0.120. The van der Waals surface area contributed by atoms with Crippen LogP contribution in [0.2, 0.25) is 0 Å². The van der Waals surface area contributed by atoms with E-state index in [1.54, 1.807) is 22.7 Å². The molecule has 2 N–H and O–H groups in total. The fourth-order valence-electron chi connectivity index (χ4n) is 3.81. The van der Waals surface area contributed by atoms with Crippen LogP contribution in [0, 0.1) is 17.2 Å². The number of carbonyl (C=O) groups is 1. The zero-order valence-corrected chi connectivity index (χ0v) is 17.9. The summed E-state index contributed by atoms with van der Waals surface area (Å²) in [5, 5.41) is 18.7. The number of thiophene rings is 2. The average molecular weight is 422 g/mol. The zero-order chi connectivity index (χ0) is 20.2. The van der Waals surface area contributed by atoms with E-state index in [1.807, 2.05) is 29.6 Å². The van der Waals surface area contributed by atoms with Gasteiger partial charge in [-0.2, -0.15) is 5.26 Å². The Morgan fingerprint density at radius 3 is 2.83 bits per heavy atom. The molecule has 4 nitrogen and oxygen atoms in total. The number of hydrogen-bond acceptors (Lipinski definition) is 5. The van der Waals surface area contributed by atoms with Crippen molar-refractivity contribution >= 4 is 33.6 Å². The monoisotopic (exact) mass is 421 g/mol. The van der Waals surface area contributed by atoms with E-state index >= 15 is 0 Å². The van der Waals surface area contributed by atoms with Crippen molar-refractivity contribution in [2.75, 3.05) is 11.9 Å². The lowest BCUT2D eigenvalue weighted by molar-refractivity contribution is -0.115. The van der Waals surface area contributed by atoms with Crippen LogP contribution in [0.25, 0.3) is 0 Å². The normalized spacial score (nSPS) is 16.6. The van der Waals surface area contributed by atoms with Gasteiger partial charge in [-0.1, -0.05) is 43.3 Å². The summed E-state index contributed by atoms with van der Waals surface area (Å²) in [6, 6.07) is 16.5. The van der Waals surface area contributed by atoms with Crippen molar-refractivity contribution in [2.45, 2.75) is 32.2 Å². The summed E-state index contributed by atoms with van der Waals surface area (Å²) >= 11 is 3.24. The third kappa shape index (κ3) is 4.43. The molecule has 0 spiro atoms. The third-order valence-corrected chi connectivity index (χ3v) is 7.41. The highest BCUT2D eigenvalue weighted by atomic mass is 32.1. The predicted octanol–water partition coefficient (Wildman–Crippen LogP) is 5.12. The molecular formula is C23H23N3OS2. The quantitative estimate of drug-likeness (QED) is 0.580. The smallest absolute Gasteiger partial charge is 0.238 e. The summed E-state index contributed by atoms with van der Waals surface area (Å²) in [6.07, 6.45) is 3.03. The lowest BCUT2D eigenvalue weighted by atomic mass is 9.89. The predicted molar refractivity (Wildman–Crippen MR) is 119 cm³/mol. The van der Waals surface area contributed by atoms with Crippen LogP contribution in [0.5, 0.6) is 0 Å².